The van der Waals surface area contributed by atoms with Gasteiger partial charge in [0.2, 0.25) is 5.88 Å². The predicted octanol–water partition coefficient (Wildman–Crippen LogP) is 5.57. The SMILES string of the molecule is CCC(CC)CN1CCN(C(N)=O)[C@](C)(c2cc3c(Oc4cccc(Cl)c4F)ncnc3cc2OC)C1. The molecule has 8 nitrogen and oxygen atoms in total. The Labute approximate surface area is 221 Å². The summed E-state index contributed by atoms with van der Waals surface area (Å²) >= 11 is 5.94. The number of halogens is 2. The molecule has 2 aromatic carbocycles. The molecule has 2 heterocycles. The molecule has 1 saturated heterocycles. The van der Waals surface area contributed by atoms with Gasteiger partial charge in [-0.3, -0.25) is 4.90 Å². The quantitative estimate of drug-likeness (QED) is 0.410. The number of carbonyl (C=O) groups excluding carboxylic acids is 1. The maximum atomic E-state index is 14.6. The molecule has 0 unspecified atom stereocenters. The van der Waals surface area contributed by atoms with Crippen molar-refractivity contribution >= 4 is 28.5 Å². The lowest BCUT2D eigenvalue weighted by Gasteiger charge is -2.49. The number of nitrogens with two attached hydrogens (primary N) is 1. The lowest BCUT2D eigenvalue weighted by Crippen LogP contribution is -2.62. The van der Waals surface area contributed by atoms with Gasteiger partial charge in [0.1, 0.15) is 12.1 Å². The van der Waals surface area contributed by atoms with E-state index in [1.807, 2.05) is 13.0 Å². The molecule has 0 radical (unpaired) electrons. The highest BCUT2D eigenvalue weighted by atomic mass is 35.5. The largest absolute Gasteiger partial charge is 0.496 e. The van der Waals surface area contributed by atoms with Gasteiger partial charge in [-0.05, 0) is 31.0 Å². The van der Waals surface area contributed by atoms with Crippen LogP contribution in [-0.4, -0.2) is 59.1 Å². The first-order chi connectivity index (χ1) is 17.7. The van der Waals surface area contributed by atoms with Crippen LogP contribution in [0.15, 0.2) is 36.7 Å². The molecule has 0 bridgehead atoms. The Bertz CT molecular complexity index is 1290. The third-order valence-electron chi connectivity index (χ3n) is 7.33. The number of rotatable bonds is 8. The minimum Gasteiger partial charge on any atom is -0.496 e. The van der Waals surface area contributed by atoms with Crippen molar-refractivity contribution in [3.8, 4) is 17.4 Å². The van der Waals surface area contributed by atoms with Gasteiger partial charge in [0, 0.05) is 37.8 Å². The maximum Gasteiger partial charge on any atom is 0.315 e. The van der Waals surface area contributed by atoms with Crippen molar-refractivity contribution in [2.45, 2.75) is 39.2 Å². The first-order valence-corrected chi connectivity index (χ1v) is 12.8. The van der Waals surface area contributed by atoms with Crippen molar-refractivity contribution < 1.29 is 18.7 Å². The zero-order chi connectivity index (χ0) is 26.7. The first kappa shape index (κ1) is 26.9. The van der Waals surface area contributed by atoms with Gasteiger partial charge in [0.25, 0.3) is 0 Å². The highest BCUT2D eigenvalue weighted by Gasteiger charge is 2.43. The highest BCUT2D eigenvalue weighted by molar-refractivity contribution is 6.30. The smallest absolute Gasteiger partial charge is 0.315 e. The Kier molecular flexibility index (Phi) is 8.04. The van der Waals surface area contributed by atoms with Crippen LogP contribution in [0.25, 0.3) is 10.9 Å². The van der Waals surface area contributed by atoms with E-state index in [2.05, 4.69) is 28.7 Å². The summed E-state index contributed by atoms with van der Waals surface area (Å²) in [4.78, 5) is 25.3. The summed E-state index contributed by atoms with van der Waals surface area (Å²) in [5, 5.41) is 0.489. The zero-order valence-corrected chi connectivity index (χ0v) is 22.4. The monoisotopic (exact) mass is 529 g/mol. The van der Waals surface area contributed by atoms with Crippen LogP contribution in [0.3, 0.4) is 0 Å². The second-order valence-corrected chi connectivity index (χ2v) is 9.99. The topological polar surface area (TPSA) is 93.8 Å². The lowest BCUT2D eigenvalue weighted by atomic mass is 9.85. The molecule has 0 saturated carbocycles. The summed E-state index contributed by atoms with van der Waals surface area (Å²) in [5.74, 6) is 0.548. The van der Waals surface area contributed by atoms with E-state index >= 15 is 0 Å². The van der Waals surface area contributed by atoms with Crippen LogP contribution in [0.2, 0.25) is 5.02 Å². The summed E-state index contributed by atoms with van der Waals surface area (Å²) in [6.45, 7) is 9.10. The van der Waals surface area contributed by atoms with Crippen LogP contribution in [0.5, 0.6) is 17.4 Å². The molecule has 37 heavy (non-hydrogen) atoms. The van der Waals surface area contributed by atoms with Crippen molar-refractivity contribution in [1.29, 1.82) is 0 Å². The number of fused-ring (bicyclic) bond motifs is 1. The number of hydrogen-bond donors (Lipinski definition) is 1. The van der Waals surface area contributed by atoms with Gasteiger partial charge in [0.15, 0.2) is 11.6 Å². The molecule has 1 aliphatic heterocycles. The van der Waals surface area contributed by atoms with Crippen LogP contribution >= 0.6 is 11.6 Å². The molecule has 2 N–H and O–H groups in total. The maximum absolute atomic E-state index is 14.6. The molecular formula is C27H33ClFN5O3. The fraction of sp³-hybridized carbons (Fsp3) is 0.444. The molecular weight excluding hydrogens is 497 g/mol. The standard InChI is InChI=1S/C27H33ClFN5O3/c1-5-17(6-2)14-33-10-11-34(26(30)35)27(3,15-33)19-12-18-21(13-23(19)36-4)31-16-32-25(18)37-22-9-7-8-20(28)24(22)29/h7-9,12-13,16-17H,5-6,10-11,14-15H2,1-4H3,(H2,30,35)/t27-/m0/s1. The molecule has 1 fully saturated rings. The number of piperazine rings is 1. The second kappa shape index (κ2) is 11.1. The number of benzene rings is 2. The predicted molar refractivity (Wildman–Crippen MR) is 142 cm³/mol. The van der Waals surface area contributed by atoms with Crippen LogP contribution in [-0.2, 0) is 5.54 Å². The number of hydrogen-bond acceptors (Lipinski definition) is 6. The molecule has 0 aliphatic carbocycles. The summed E-state index contributed by atoms with van der Waals surface area (Å²) in [6.07, 6.45) is 3.51. The van der Waals surface area contributed by atoms with Crippen LogP contribution in [0.1, 0.15) is 39.2 Å². The molecule has 3 aromatic rings. The highest BCUT2D eigenvalue weighted by Crippen LogP contribution is 2.42. The van der Waals surface area contributed by atoms with Crippen LogP contribution < -0.4 is 15.2 Å². The number of aromatic nitrogens is 2. The first-order valence-electron chi connectivity index (χ1n) is 12.5. The van der Waals surface area contributed by atoms with Gasteiger partial charge < -0.3 is 20.1 Å². The van der Waals surface area contributed by atoms with Gasteiger partial charge in [0.05, 0.1) is 28.6 Å². The Hall–Kier alpha value is -3.17. The van der Waals surface area contributed by atoms with Crippen molar-refractivity contribution in [3.05, 3.63) is 53.1 Å². The van der Waals surface area contributed by atoms with E-state index in [1.54, 1.807) is 24.1 Å². The van der Waals surface area contributed by atoms with Gasteiger partial charge in [-0.2, -0.15) is 0 Å². The summed E-state index contributed by atoms with van der Waals surface area (Å²) in [5.41, 5.74) is 6.35. The Morgan fingerprint density at radius 3 is 2.65 bits per heavy atom. The number of ether oxygens (including phenoxy) is 2. The van der Waals surface area contributed by atoms with Crippen molar-refractivity contribution in [3.63, 3.8) is 0 Å². The number of amides is 2. The fourth-order valence-corrected chi connectivity index (χ4v) is 5.30. The molecule has 1 aliphatic rings. The Morgan fingerprint density at radius 1 is 1.22 bits per heavy atom. The van der Waals surface area contributed by atoms with Gasteiger partial charge >= 0.3 is 6.03 Å². The second-order valence-electron chi connectivity index (χ2n) is 9.58. The van der Waals surface area contributed by atoms with Crippen LogP contribution in [0.4, 0.5) is 9.18 Å². The number of methoxy groups -OCH3 is 1. The van der Waals surface area contributed by atoms with Gasteiger partial charge in [-0.1, -0.05) is 44.4 Å². The van der Waals surface area contributed by atoms with E-state index in [9.17, 15) is 9.18 Å². The summed E-state index contributed by atoms with van der Waals surface area (Å²) < 4.78 is 26.2. The van der Waals surface area contributed by atoms with Crippen LogP contribution in [0, 0.1) is 11.7 Å². The number of urea groups is 1. The summed E-state index contributed by atoms with van der Waals surface area (Å²) in [6, 6.07) is 7.64. The third kappa shape index (κ3) is 5.29. The zero-order valence-electron chi connectivity index (χ0n) is 21.6. The fourth-order valence-electron chi connectivity index (χ4n) is 5.14. The third-order valence-corrected chi connectivity index (χ3v) is 7.62. The van der Waals surface area contributed by atoms with E-state index in [0.717, 1.165) is 31.5 Å². The van der Waals surface area contributed by atoms with Crippen molar-refractivity contribution in [2.24, 2.45) is 11.7 Å². The Morgan fingerprint density at radius 2 is 1.97 bits per heavy atom. The molecule has 1 aromatic heterocycles. The molecule has 2 amide bonds. The molecule has 10 heteroatoms. The normalized spacial score (nSPS) is 18.4. The minimum absolute atomic E-state index is 0.0520. The molecule has 0 spiro atoms. The van der Waals surface area contributed by atoms with E-state index in [0.29, 0.717) is 35.7 Å². The Balaban J connectivity index is 1.83. The van der Waals surface area contributed by atoms with Crippen molar-refractivity contribution in [1.82, 2.24) is 19.8 Å². The van der Waals surface area contributed by atoms with E-state index in [1.165, 1.54) is 18.5 Å². The lowest BCUT2D eigenvalue weighted by molar-refractivity contribution is 0.0271. The van der Waals surface area contributed by atoms with Gasteiger partial charge in [-0.15, -0.1) is 0 Å². The molecule has 198 valence electrons. The number of nitrogens with zero attached hydrogens (tertiary/aromatic N) is 4. The average molecular weight is 530 g/mol. The molecule has 1 atom stereocenters. The molecule has 4 rings (SSSR count). The van der Waals surface area contributed by atoms with Gasteiger partial charge in [-0.25, -0.2) is 19.2 Å². The number of carbonyl (C=O) groups is 1. The van der Waals surface area contributed by atoms with Crippen molar-refractivity contribution in [2.75, 3.05) is 33.3 Å². The summed E-state index contributed by atoms with van der Waals surface area (Å²) in [7, 11) is 1.58. The van der Waals surface area contributed by atoms with E-state index < -0.39 is 17.4 Å². The average Bonchev–Trinajstić information content (AvgIpc) is 2.89. The van der Waals surface area contributed by atoms with E-state index in [-0.39, 0.29) is 16.7 Å². The van der Waals surface area contributed by atoms with E-state index in [4.69, 9.17) is 26.8 Å². The number of primary amides is 1. The minimum atomic E-state index is -0.802.